The first-order valence-corrected chi connectivity index (χ1v) is 14.7. The predicted molar refractivity (Wildman–Crippen MR) is 146 cm³/mol. The van der Waals surface area contributed by atoms with Gasteiger partial charge in [0.1, 0.15) is 0 Å². The molecular formula is C29H38ClN3OS. The van der Waals surface area contributed by atoms with Crippen LogP contribution in [0.4, 0.5) is 0 Å². The van der Waals surface area contributed by atoms with Crippen LogP contribution in [0, 0.1) is 11.8 Å². The number of rotatable bonds is 7. The third kappa shape index (κ3) is 6.62. The number of fused-ring (bicyclic) bond motifs is 2. The largest absolute Gasteiger partial charge is 0.349 e. The van der Waals surface area contributed by atoms with Crippen molar-refractivity contribution in [3.05, 3.63) is 64.7 Å². The highest BCUT2D eigenvalue weighted by molar-refractivity contribution is 7.99. The summed E-state index contributed by atoms with van der Waals surface area (Å²) in [5, 5.41) is 4.30. The van der Waals surface area contributed by atoms with E-state index in [1.165, 1.54) is 47.5 Å². The molecule has 1 saturated heterocycles. The number of amides is 1. The highest BCUT2D eigenvalue weighted by Gasteiger charge is 2.37. The summed E-state index contributed by atoms with van der Waals surface area (Å²) in [4.78, 5) is 19.5. The van der Waals surface area contributed by atoms with Crippen LogP contribution in [0.15, 0.2) is 53.4 Å². The SMILES string of the molecule is O=C(CCCN1CCN(Cc2ccc(Cl)cc2)CC1)N[C@H]1c2ccccc2SC[C@@H]2CCCC[C@H]21. The summed E-state index contributed by atoms with van der Waals surface area (Å²) in [6, 6.07) is 17.1. The lowest BCUT2D eigenvalue weighted by Gasteiger charge is -2.36. The van der Waals surface area contributed by atoms with Crippen LogP contribution in [-0.2, 0) is 11.3 Å². The molecule has 0 bridgehead atoms. The second-order valence-corrected chi connectivity index (χ2v) is 11.9. The zero-order chi connectivity index (χ0) is 24.0. The Morgan fingerprint density at radius 2 is 1.71 bits per heavy atom. The number of hydrogen-bond donors (Lipinski definition) is 1. The van der Waals surface area contributed by atoms with E-state index in [9.17, 15) is 4.79 Å². The van der Waals surface area contributed by atoms with Crippen molar-refractivity contribution in [2.75, 3.05) is 38.5 Å². The van der Waals surface area contributed by atoms with Gasteiger partial charge in [0, 0.05) is 54.8 Å². The number of thioether (sulfide) groups is 1. The number of benzene rings is 2. The molecule has 0 spiro atoms. The van der Waals surface area contributed by atoms with Crippen molar-refractivity contribution in [1.29, 1.82) is 0 Å². The van der Waals surface area contributed by atoms with E-state index in [4.69, 9.17) is 11.6 Å². The molecule has 4 nitrogen and oxygen atoms in total. The van der Waals surface area contributed by atoms with Gasteiger partial charge in [-0.15, -0.1) is 11.8 Å². The quantitative estimate of drug-likeness (QED) is 0.494. The molecule has 1 amide bonds. The fourth-order valence-electron chi connectivity index (χ4n) is 6.09. The second kappa shape index (κ2) is 12.1. The molecule has 0 radical (unpaired) electrons. The van der Waals surface area contributed by atoms with Gasteiger partial charge >= 0.3 is 0 Å². The molecule has 1 N–H and O–H groups in total. The molecule has 2 aliphatic heterocycles. The Hall–Kier alpha value is -1.53. The van der Waals surface area contributed by atoms with E-state index < -0.39 is 0 Å². The molecular weight excluding hydrogens is 474 g/mol. The van der Waals surface area contributed by atoms with E-state index in [1.54, 1.807) is 0 Å². The van der Waals surface area contributed by atoms with Gasteiger partial charge < -0.3 is 10.2 Å². The monoisotopic (exact) mass is 511 g/mol. The van der Waals surface area contributed by atoms with Crippen molar-refractivity contribution in [3.63, 3.8) is 0 Å². The standard InChI is InChI=1S/C29H38ClN3OS/c30-24-13-11-22(12-14-24)20-33-18-16-32(17-19-33)15-5-10-28(34)31-29-25-7-2-1-6-23(25)21-35-27-9-4-3-8-26(27)29/h3-4,8-9,11-14,23,25,29H,1-2,5-7,10,15-21H2,(H,31,34)/t23-,25+,29+/m0/s1. The molecule has 35 heavy (non-hydrogen) atoms. The number of nitrogens with zero attached hydrogens (tertiary/aromatic N) is 2. The Labute approximate surface area is 219 Å². The van der Waals surface area contributed by atoms with Gasteiger partial charge in [-0.25, -0.2) is 0 Å². The van der Waals surface area contributed by atoms with Crippen LogP contribution in [0.3, 0.4) is 0 Å². The molecule has 2 aromatic rings. The number of carbonyl (C=O) groups is 1. The first-order valence-electron chi connectivity index (χ1n) is 13.4. The van der Waals surface area contributed by atoms with Gasteiger partial charge in [0.25, 0.3) is 0 Å². The molecule has 0 aromatic heterocycles. The first-order chi connectivity index (χ1) is 17.2. The van der Waals surface area contributed by atoms with Crippen molar-refractivity contribution >= 4 is 29.3 Å². The van der Waals surface area contributed by atoms with E-state index in [0.29, 0.717) is 12.3 Å². The lowest BCUT2D eigenvalue weighted by atomic mass is 9.74. The van der Waals surface area contributed by atoms with E-state index in [2.05, 4.69) is 51.5 Å². The number of hydrogen-bond acceptors (Lipinski definition) is 4. The molecule has 188 valence electrons. The summed E-state index contributed by atoms with van der Waals surface area (Å²) in [6.45, 7) is 6.29. The predicted octanol–water partition coefficient (Wildman–Crippen LogP) is 6.01. The van der Waals surface area contributed by atoms with E-state index in [-0.39, 0.29) is 11.9 Å². The minimum Gasteiger partial charge on any atom is -0.349 e. The third-order valence-electron chi connectivity index (χ3n) is 8.08. The maximum atomic E-state index is 13.1. The summed E-state index contributed by atoms with van der Waals surface area (Å²) in [7, 11) is 0. The van der Waals surface area contributed by atoms with Crippen molar-refractivity contribution in [1.82, 2.24) is 15.1 Å². The number of nitrogens with one attached hydrogen (secondary N) is 1. The molecule has 3 atom stereocenters. The van der Waals surface area contributed by atoms with Crippen LogP contribution in [0.1, 0.15) is 55.7 Å². The van der Waals surface area contributed by atoms with Gasteiger partial charge in [-0.1, -0.05) is 54.8 Å². The maximum absolute atomic E-state index is 13.1. The smallest absolute Gasteiger partial charge is 0.220 e. The minimum absolute atomic E-state index is 0.176. The van der Waals surface area contributed by atoms with Gasteiger partial charge in [-0.2, -0.15) is 0 Å². The van der Waals surface area contributed by atoms with Crippen LogP contribution in [-0.4, -0.2) is 54.2 Å². The highest BCUT2D eigenvalue weighted by Crippen LogP contribution is 2.46. The fourth-order valence-corrected chi connectivity index (χ4v) is 7.56. The van der Waals surface area contributed by atoms with Crippen molar-refractivity contribution < 1.29 is 4.79 Å². The van der Waals surface area contributed by atoms with Crippen molar-refractivity contribution in [3.8, 4) is 0 Å². The Morgan fingerprint density at radius 3 is 2.54 bits per heavy atom. The van der Waals surface area contributed by atoms with Crippen molar-refractivity contribution in [2.24, 2.45) is 11.8 Å². The highest BCUT2D eigenvalue weighted by atomic mass is 35.5. The Bertz CT molecular complexity index is 976. The topological polar surface area (TPSA) is 35.6 Å². The van der Waals surface area contributed by atoms with Gasteiger partial charge in [0.2, 0.25) is 5.91 Å². The molecule has 2 aromatic carbocycles. The average Bonchev–Trinajstić information content (AvgIpc) is 3.04. The molecule has 3 aliphatic rings. The third-order valence-corrected chi connectivity index (χ3v) is 9.61. The molecule has 1 aliphatic carbocycles. The number of piperazine rings is 1. The van der Waals surface area contributed by atoms with Gasteiger partial charge in [-0.3, -0.25) is 9.69 Å². The Morgan fingerprint density at radius 1 is 0.971 bits per heavy atom. The van der Waals surface area contributed by atoms with Crippen LogP contribution in [0.2, 0.25) is 5.02 Å². The van der Waals surface area contributed by atoms with Crippen LogP contribution >= 0.6 is 23.4 Å². The second-order valence-electron chi connectivity index (χ2n) is 10.5. The fraction of sp³-hybridized carbons (Fsp3) is 0.552. The summed E-state index contributed by atoms with van der Waals surface area (Å²) < 4.78 is 0. The Balaban J connectivity index is 1.08. The van der Waals surface area contributed by atoms with E-state index >= 15 is 0 Å². The molecule has 6 heteroatoms. The number of carbonyl (C=O) groups excluding carboxylic acids is 1. The van der Waals surface area contributed by atoms with Gasteiger partial charge in [0.15, 0.2) is 0 Å². The van der Waals surface area contributed by atoms with Gasteiger partial charge in [-0.05, 0) is 67.0 Å². The molecule has 2 fully saturated rings. The van der Waals surface area contributed by atoms with E-state index in [1.807, 2.05) is 23.9 Å². The Kier molecular flexibility index (Phi) is 8.72. The van der Waals surface area contributed by atoms with Crippen molar-refractivity contribution in [2.45, 2.75) is 56.0 Å². The molecule has 1 saturated carbocycles. The zero-order valence-electron chi connectivity index (χ0n) is 20.6. The van der Waals surface area contributed by atoms with Crippen LogP contribution in [0.25, 0.3) is 0 Å². The van der Waals surface area contributed by atoms with Crippen LogP contribution < -0.4 is 5.32 Å². The summed E-state index contributed by atoms with van der Waals surface area (Å²) in [5.74, 6) is 2.72. The molecule has 2 heterocycles. The molecule has 5 rings (SSSR count). The number of halogens is 1. The molecule has 0 unspecified atom stereocenters. The maximum Gasteiger partial charge on any atom is 0.220 e. The normalized spacial score (nSPS) is 25.3. The summed E-state index contributed by atoms with van der Waals surface area (Å²) in [5.41, 5.74) is 2.66. The minimum atomic E-state index is 0.176. The van der Waals surface area contributed by atoms with E-state index in [0.717, 1.165) is 56.6 Å². The zero-order valence-corrected chi connectivity index (χ0v) is 22.2. The van der Waals surface area contributed by atoms with Gasteiger partial charge in [0.05, 0.1) is 6.04 Å². The summed E-state index contributed by atoms with van der Waals surface area (Å²) >= 11 is 8.00. The lowest BCUT2D eigenvalue weighted by molar-refractivity contribution is -0.122. The first kappa shape index (κ1) is 25.1. The average molecular weight is 512 g/mol. The summed E-state index contributed by atoms with van der Waals surface area (Å²) in [6.07, 6.45) is 6.73. The van der Waals surface area contributed by atoms with Crippen LogP contribution in [0.5, 0.6) is 0 Å². The lowest BCUT2D eigenvalue weighted by Crippen LogP contribution is -2.46.